The molecule has 1 amide bonds. The Morgan fingerprint density at radius 1 is 0.583 bits per heavy atom. The van der Waals surface area contributed by atoms with Gasteiger partial charge in [-0.05, 0) is 32.1 Å². The first-order chi connectivity index (χ1) is 29.1. The second-order valence-corrected chi connectivity index (χ2v) is 16.9. The van der Waals surface area contributed by atoms with E-state index in [1.54, 1.807) is 6.08 Å². The first kappa shape index (κ1) is 54.6. The van der Waals surface area contributed by atoms with Crippen molar-refractivity contribution >= 4 is 5.91 Å². The lowest BCUT2D eigenvalue weighted by Gasteiger charge is -2.46. The summed E-state index contributed by atoms with van der Waals surface area (Å²) in [6, 6.07) is -0.922. The molecule has 14 nitrogen and oxygen atoms in total. The minimum Gasteiger partial charge on any atom is -0.394 e. The fourth-order valence-corrected chi connectivity index (χ4v) is 7.70. The summed E-state index contributed by atoms with van der Waals surface area (Å²) in [5.41, 5.74) is 0. The van der Waals surface area contributed by atoms with E-state index >= 15 is 0 Å². The van der Waals surface area contributed by atoms with E-state index in [0.717, 1.165) is 19.3 Å². The summed E-state index contributed by atoms with van der Waals surface area (Å²) in [7, 11) is 0. The van der Waals surface area contributed by atoms with Crippen molar-refractivity contribution in [1.82, 2.24) is 5.32 Å². The van der Waals surface area contributed by atoms with Crippen LogP contribution in [0.5, 0.6) is 0 Å². The Balaban J connectivity index is 1.68. The number of hydrogen-bond acceptors (Lipinski definition) is 13. The molecule has 12 atom stereocenters. The van der Waals surface area contributed by atoms with Gasteiger partial charge in [0, 0.05) is 6.42 Å². The van der Waals surface area contributed by atoms with Crippen LogP contribution in [-0.2, 0) is 23.7 Å². The smallest absolute Gasteiger partial charge is 0.220 e. The van der Waals surface area contributed by atoms with E-state index in [-0.39, 0.29) is 18.9 Å². The molecule has 0 aliphatic carbocycles. The highest BCUT2D eigenvalue weighted by Crippen LogP contribution is 2.30. The molecule has 0 radical (unpaired) electrons. The monoisotopic (exact) mass is 860 g/mol. The van der Waals surface area contributed by atoms with E-state index < -0.39 is 86.8 Å². The van der Waals surface area contributed by atoms with Crippen LogP contribution in [0.3, 0.4) is 0 Å². The quantitative estimate of drug-likeness (QED) is 0.0303. The molecule has 352 valence electrons. The summed E-state index contributed by atoms with van der Waals surface area (Å²) in [5, 5.41) is 85.7. The van der Waals surface area contributed by atoms with E-state index in [9.17, 15) is 45.6 Å². The molecule has 2 saturated heterocycles. The second-order valence-electron chi connectivity index (χ2n) is 16.9. The van der Waals surface area contributed by atoms with Gasteiger partial charge in [0.25, 0.3) is 0 Å². The number of aliphatic hydroxyl groups is 8. The maximum atomic E-state index is 12.7. The first-order valence-corrected chi connectivity index (χ1v) is 23.6. The molecule has 2 heterocycles. The average molecular weight is 860 g/mol. The lowest BCUT2D eigenvalue weighted by atomic mass is 9.97. The lowest BCUT2D eigenvalue weighted by molar-refractivity contribution is -0.359. The zero-order valence-corrected chi connectivity index (χ0v) is 36.9. The van der Waals surface area contributed by atoms with Crippen LogP contribution in [0.4, 0.5) is 0 Å². The molecule has 2 rings (SSSR count). The number of unbranched alkanes of at least 4 members (excludes halogenated alkanes) is 20. The average Bonchev–Trinajstić information content (AvgIpc) is 3.25. The van der Waals surface area contributed by atoms with Crippen LogP contribution in [0.2, 0.25) is 0 Å². The van der Waals surface area contributed by atoms with Gasteiger partial charge in [-0.3, -0.25) is 4.79 Å². The van der Waals surface area contributed by atoms with E-state index in [1.165, 1.54) is 116 Å². The molecular formula is C46H85NO13. The van der Waals surface area contributed by atoms with E-state index in [1.807, 2.05) is 13.0 Å². The summed E-state index contributed by atoms with van der Waals surface area (Å²) in [4.78, 5) is 12.7. The van der Waals surface area contributed by atoms with Crippen LogP contribution < -0.4 is 5.32 Å². The third-order valence-corrected chi connectivity index (χ3v) is 11.6. The lowest BCUT2D eigenvalue weighted by Crippen LogP contribution is -2.65. The Kier molecular flexibility index (Phi) is 30.9. The summed E-state index contributed by atoms with van der Waals surface area (Å²) in [6.45, 7) is 2.50. The van der Waals surface area contributed by atoms with E-state index in [4.69, 9.17) is 18.9 Å². The molecular weight excluding hydrogens is 775 g/mol. The number of nitrogens with one attached hydrogen (secondary N) is 1. The Morgan fingerprint density at radius 3 is 1.62 bits per heavy atom. The number of ether oxygens (including phenoxy) is 4. The van der Waals surface area contributed by atoms with Gasteiger partial charge in [-0.2, -0.15) is 0 Å². The number of rotatable bonds is 35. The molecule has 2 aliphatic heterocycles. The number of hydrogen-bond donors (Lipinski definition) is 9. The maximum absolute atomic E-state index is 12.7. The topological polar surface area (TPSA) is 228 Å². The summed E-state index contributed by atoms with van der Waals surface area (Å²) in [5.74, 6) is -0.285. The van der Waals surface area contributed by atoms with Gasteiger partial charge in [-0.15, -0.1) is 0 Å². The van der Waals surface area contributed by atoms with Crippen molar-refractivity contribution in [2.75, 3.05) is 19.8 Å². The molecule has 0 spiro atoms. The van der Waals surface area contributed by atoms with Gasteiger partial charge in [0.2, 0.25) is 5.91 Å². The molecule has 0 saturated carbocycles. The molecule has 9 N–H and O–H groups in total. The predicted octanol–water partition coefficient (Wildman–Crippen LogP) is 4.99. The third kappa shape index (κ3) is 21.7. The minimum absolute atomic E-state index is 0.249. The van der Waals surface area contributed by atoms with E-state index in [0.29, 0.717) is 12.8 Å². The van der Waals surface area contributed by atoms with Crippen molar-refractivity contribution in [2.45, 2.75) is 242 Å². The van der Waals surface area contributed by atoms with E-state index in [2.05, 4.69) is 24.4 Å². The highest BCUT2D eigenvalue weighted by atomic mass is 16.7. The Bertz CT molecular complexity index is 1110. The summed E-state index contributed by atoms with van der Waals surface area (Å²) < 4.78 is 22.4. The van der Waals surface area contributed by atoms with Crippen molar-refractivity contribution in [2.24, 2.45) is 0 Å². The highest BCUT2D eigenvalue weighted by Gasteiger charge is 2.50. The zero-order chi connectivity index (χ0) is 44.0. The normalized spacial score (nSPS) is 28.4. The SMILES string of the molecule is CCCCCCCCCCCCCCCCCCCC/C=C/CC/C=C/C(O)C(COC1OC(CO)C(OC2OC(CO)C(O)C(O)C2O)C(O)C1O)NC(=O)CCCC. The third-order valence-electron chi connectivity index (χ3n) is 11.6. The molecule has 12 unspecified atom stereocenters. The van der Waals surface area contributed by atoms with Crippen LogP contribution in [0, 0.1) is 0 Å². The standard InChI is InChI=1S/C46H85NO13/c1-3-5-7-8-9-10-11-12-13-14-15-16-17-18-19-20-21-22-23-24-25-26-27-28-29-35(50)34(47-38(51)30-6-4-2)33-57-45-43(56)41(54)44(37(32-49)59-45)60-46-42(55)40(53)39(52)36(31-48)58-46/h24-25,28-29,34-37,39-46,48-50,52-56H,3-23,26-27,30-33H2,1-2H3,(H,47,51)/b25-24+,29-28+. The number of aliphatic hydroxyl groups excluding tert-OH is 8. The maximum Gasteiger partial charge on any atom is 0.220 e. The van der Waals surface area contributed by atoms with Gasteiger partial charge in [0.1, 0.15) is 48.8 Å². The molecule has 60 heavy (non-hydrogen) atoms. The highest BCUT2D eigenvalue weighted by molar-refractivity contribution is 5.76. The van der Waals surface area contributed by atoms with Gasteiger partial charge < -0.3 is 65.1 Å². The van der Waals surface area contributed by atoms with Crippen molar-refractivity contribution in [3.8, 4) is 0 Å². The fraction of sp³-hybridized carbons (Fsp3) is 0.891. The second kappa shape index (κ2) is 34.0. The van der Waals surface area contributed by atoms with Crippen LogP contribution in [0.1, 0.15) is 168 Å². The molecule has 0 bridgehead atoms. The van der Waals surface area contributed by atoms with Crippen LogP contribution in [0.15, 0.2) is 24.3 Å². The molecule has 2 fully saturated rings. The van der Waals surface area contributed by atoms with Crippen molar-refractivity contribution < 1.29 is 64.6 Å². The Labute approximate surface area is 360 Å². The molecule has 0 aromatic rings. The summed E-state index contributed by atoms with van der Waals surface area (Å²) in [6.07, 6.45) is 19.6. The number of allylic oxidation sites excluding steroid dienone is 3. The Hall–Kier alpha value is -1.53. The molecule has 14 heteroatoms. The van der Waals surface area contributed by atoms with Crippen LogP contribution >= 0.6 is 0 Å². The van der Waals surface area contributed by atoms with Crippen LogP contribution in [-0.4, -0.2) is 140 Å². The fourth-order valence-electron chi connectivity index (χ4n) is 7.70. The molecule has 0 aromatic carbocycles. The Morgan fingerprint density at radius 2 is 1.07 bits per heavy atom. The number of carbonyl (C=O) groups excluding carboxylic acids is 1. The zero-order valence-electron chi connectivity index (χ0n) is 36.9. The summed E-state index contributed by atoms with van der Waals surface area (Å²) >= 11 is 0. The van der Waals surface area contributed by atoms with Crippen LogP contribution in [0.25, 0.3) is 0 Å². The van der Waals surface area contributed by atoms with Crippen molar-refractivity contribution in [1.29, 1.82) is 0 Å². The first-order valence-electron chi connectivity index (χ1n) is 23.6. The van der Waals surface area contributed by atoms with Crippen molar-refractivity contribution in [3.05, 3.63) is 24.3 Å². The predicted molar refractivity (Wildman–Crippen MR) is 231 cm³/mol. The van der Waals surface area contributed by atoms with Gasteiger partial charge in [-0.25, -0.2) is 0 Å². The van der Waals surface area contributed by atoms with Gasteiger partial charge >= 0.3 is 0 Å². The molecule has 0 aromatic heterocycles. The number of amides is 1. The van der Waals surface area contributed by atoms with Crippen molar-refractivity contribution in [3.63, 3.8) is 0 Å². The largest absolute Gasteiger partial charge is 0.394 e. The van der Waals surface area contributed by atoms with Gasteiger partial charge in [0.05, 0.1) is 32.0 Å². The minimum atomic E-state index is -1.79. The molecule has 2 aliphatic rings. The number of carbonyl (C=O) groups is 1. The van der Waals surface area contributed by atoms with Gasteiger partial charge in [0.15, 0.2) is 12.6 Å². The van der Waals surface area contributed by atoms with Gasteiger partial charge in [-0.1, -0.05) is 154 Å².